The fourth-order valence-corrected chi connectivity index (χ4v) is 3.17. The second-order valence-corrected chi connectivity index (χ2v) is 6.20. The Labute approximate surface area is 146 Å². The van der Waals surface area contributed by atoms with Crippen LogP contribution in [0.25, 0.3) is 10.9 Å². The van der Waals surface area contributed by atoms with Gasteiger partial charge in [-0.3, -0.25) is 4.98 Å². The molecule has 2 aromatic carbocycles. The summed E-state index contributed by atoms with van der Waals surface area (Å²) < 4.78 is 10.8. The van der Waals surface area contributed by atoms with E-state index in [1.165, 1.54) is 0 Å². The number of pyridine rings is 1. The van der Waals surface area contributed by atoms with Gasteiger partial charge in [0.1, 0.15) is 6.07 Å². The summed E-state index contributed by atoms with van der Waals surface area (Å²) >= 11 is 0. The zero-order valence-corrected chi connectivity index (χ0v) is 14.1. The predicted molar refractivity (Wildman–Crippen MR) is 95.9 cm³/mol. The molecule has 4 rings (SSSR count). The van der Waals surface area contributed by atoms with E-state index >= 15 is 0 Å². The summed E-state index contributed by atoms with van der Waals surface area (Å²) in [6, 6.07) is 14.3. The molecule has 0 atom stereocenters. The van der Waals surface area contributed by atoms with Gasteiger partial charge in [-0.15, -0.1) is 0 Å². The molecule has 2 heterocycles. The summed E-state index contributed by atoms with van der Waals surface area (Å²) in [5.41, 5.74) is 4.60. The zero-order chi connectivity index (χ0) is 17.4. The SMILES string of the molecule is Cc1ccc2c(N(C)Cc3ccc4c(c3)OCO4)c(C#N)cnc2c1. The molecule has 0 radical (unpaired) electrons. The summed E-state index contributed by atoms with van der Waals surface area (Å²) in [4.78, 5) is 6.50. The molecule has 0 N–H and O–H groups in total. The van der Waals surface area contributed by atoms with Crippen LogP contribution in [0.15, 0.2) is 42.6 Å². The van der Waals surface area contributed by atoms with E-state index in [1.54, 1.807) is 6.20 Å². The molecule has 0 saturated carbocycles. The predicted octanol–water partition coefficient (Wildman–Crippen LogP) is 3.78. The highest BCUT2D eigenvalue weighted by Crippen LogP contribution is 2.34. The summed E-state index contributed by atoms with van der Waals surface area (Å²) in [7, 11) is 1.99. The lowest BCUT2D eigenvalue weighted by Crippen LogP contribution is -2.18. The van der Waals surface area contributed by atoms with Gasteiger partial charge in [-0.2, -0.15) is 5.26 Å². The number of nitrogens with zero attached hydrogens (tertiary/aromatic N) is 3. The van der Waals surface area contributed by atoms with Crippen LogP contribution < -0.4 is 14.4 Å². The summed E-state index contributed by atoms with van der Waals surface area (Å²) in [5.74, 6) is 1.54. The van der Waals surface area contributed by atoms with Crippen LogP contribution >= 0.6 is 0 Å². The largest absolute Gasteiger partial charge is 0.454 e. The van der Waals surface area contributed by atoms with Crippen LogP contribution in [-0.2, 0) is 6.54 Å². The van der Waals surface area contributed by atoms with Crippen LogP contribution in [0.4, 0.5) is 5.69 Å². The minimum atomic E-state index is 0.265. The molecule has 0 saturated heterocycles. The van der Waals surface area contributed by atoms with Gasteiger partial charge in [-0.1, -0.05) is 18.2 Å². The van der Waals surface area contributed by atoms with Gasteiger partial charge in [0, 0.05) is 25.2 Å². The first-order valence-electron chi connectivity index (χ1n) is 8.05. The molecule has 0 fully saturated rings. The van der Waals surface area contributed by atoms with Crippen molar-refractivity contribution in [1.29, 1.82) is 5.26 Å². The third-order valence-electron chi connectivity index (χ3n) is 4.36. The molecule has 0 aliphatic carbocycles. The third-order valence-corrected chi connectivity index (χ3v) is 4.36. The van der Waals surface area contributed by atoms with Crippen LogP contribution in [-0.4, -0.2) is 18.8 Å². The normalized spacial score (nSPS) is 12.2. The van der Waals surface area contributed by atoms with E-state index in [-0.39, 0.29) is 6.79 Å². The monoisotopic (exact) mass is 331 g/mol. The Kier molecular flexibility index (Phi) is 3.66. The summed E-state index contributed by atoms with van der Waals surface area (Å²) in [6.45, 7) is 2.95. The maximum absolute atomic E-state index is 9.52. The zero-order valence-electron chi connectivity index (χ0n) is 14.1. The molecule has 25 heavy (non-hydrogen) atoms. The number of aryl methyl sites for hydroxylation is 1. The molecule has 5 heteroatoms. The Morgan fingerprint density at radius 1 is 1.16 bits per heavy atom. The molecule has 1 aliphatic rings. The second kappa shape index (κ2) is 5.99. The Hall–Kier alpha value is -3.26. The number of benzene rings is 2. The number of aromatic nitrogens is 1. The van der Waals surface area contributed by atoms with E-state index in [0.29, 0.717) is 12.1 Å². The average Bonchev–Trinajstić information content (AvgIpc) is 3.08. The Bertz CT molecular complexity index is 1010. The van der Waals surface area contributed by atoms with Gasteiger partial charge in [-0.05, 0) is 36.2 Å². The van der Waals surface area contributed by atoms with Gasteiger partial charge in [0.25, 0.3) is 0 Å². The fourth-order valence-electron chi connectivity index (χ4n) is 3.17. The first kappa shape index (κ1) is 15.3. The smallest absolute Gasteiger partial charge is 0.231 e. The molecular weight excluding hydrogens is 314 g/mol. The summed E-state index contributed by atoms with van der Waals surface area (Å²) in [6.07, 6.45) is 1.65. The molecular formula is C20H17N3O2. The van der Waals surface area contributed by atoms with E-state index in [2.05, 4.69) is 16.0 Å². The number of hydrogen-bond acceptors (Lipinski definition) is 5. The van der Waals surface area contributed by atoms with Crippen molar-refractivity contribution in [2.24, 2.45) is 0 Å². The summed E-state index contributed by atoms with van der Waals surface area (Å²) in [5, 5.41) is 10.5. The molecule has 0 amide bonds. The molecule has 0 spiro atoms. The van der Waals surface area contributed by atoms with Crippen LogP contribution in [0.5, 0.6) is 11.5 Å². The number of rotatable bonds is 3. The quantitative estimate of drug-likeness (QED) is 0.731. The lowest BCUT2D eigenvalue weighted by Gasteiger charge is -2.22. The number of ether oxygens (including phenoxy) is 2. The Morgan fingerprint density at radius 2 is 2.00 bits per heavy atom. The van der Waals surface area contributed by atoms with E-state index in [0.717, 1.165) is 39.2 Å². The van der Waals surface area contributed by atoms with Gasteiger partial charge < -0.3 is 14.4 Å². The lowest BCUT2D eigenvalue weighted by atomic mass is 10.1. The van der Waals surface area contributed by atoms with Crippen molar-refractivity contribution in [3.63, 3.8) is 0 Å². The number of nitriles is 1. The maximum Gasteiger partial charge on any atom is 0.231 e. The minimum Gasteiger partial charge on any atom is -0.454 e. The van der Waals surface area contributed by atoms with Gasteiger partial charge >= 0.3 is 0 Å². The number of hydrogen-bond donors (Lipinski definition) is 0. The first-order chi connectivity index (χ1) is 12.2. The van der Waals surface area contributed by atoms with E-state index in [4.69, 9.17) is 9.47 Å². The highest BCUT2D eigenvalue weighted by atomic mass is 16.7. The average molecular weight is 331 g/mol. The van der Waals surface area contributed by atoms with Gasteiger partial charge in [0.15, 0.2) is 11.5 Å². The van der Waals surface area contributed by atoms with Crippen molar-refractivity contribution < 1.29 is 9.47 Å². The van der Waals surface area contributed by atoms with E-state index < -0.39 is 0 Å². The van der Waals surface area contributed by atoms with E-state index in [9.17, 15) is 5.26 Å². The van der Waals surface area contributed by atoms with Gasteiger partial charge in [0.05, 0.1) is 16.8 Å². The third kappa shape index (κ3) is 2.72. The molecule has 3 aromatic rings. The second-order valence-electron chi connectivity index (χ2n) is 6.20. The van der Waals surface area contributed by atoms with Crippen LogP contribution in [0, 0.1) is 18.3 Å². The number of fused-ring (bicyclic) bond motifs is 2. The Balaban J connectivity index is 1.74. The molecule has 124 valence electrons. The maximum atomic E-state index is 9.52. The molecule has 5 nitrogen and oxygen atoms in total. The van der Waals surface area contributed by atoms with Gasteiger partial charge in [0.2, 0.25) is 6.79 Å². The first-order valence-corrected chi connectivity index (χ1v) is 8.05. The van der Waals surface area contributed by atoms with Crippen molar-refractivity contribution in [2.45, 2.75) is 13.5 Å². The molecule has 1 aliphatic heterocycles. The van der Waals surface area contributed by atoms with Crippen molar-refractivity contribution in [1.82, 2.24) is 4.98 Å². The Morgan fingerprint density at radius 3 is 2.84 bits per heavy atom. The van der Waals surface area contributed by atoms with E-state index in [1.807, 2.05) is 50.4 Å². The van der Waals surface area contributed by atoms with Crippen molar-refractivity contribution in [2.75, 3.05) is 18.7 Å². The van der Waals surface area contributed by atoms with Crippen LogP contribution in [0.2, 0.25) is 0 Å². The standard InChI is InChI=1S/C20H17N3O2/c1-13-3-5-16-17(7-13)22-10-15(9-21)20(16)23(2)11-14-4-6-18-19(8-14)25-12-24-18/h3-8,10H,11-12H2,1-2H3. The van der Waals surface area contributed by atoms with Crippen molar-refractivity contribution >= 4 is 16.6 Å². The van der Waals surface area contributed by atoms with Crippen molar-refractivity contribution in [3.05, 3.63) is 59.3 Å². The highest BCUT2D eigenvalue weighted by Gasteiger charge is 2.16. The molecule has 0 bridgehead atoms. The van der Waals surface area contributed by atoms with Gasteiger partial charge in [-0.25, -0.2) is 0 Å². The molecule has 0 unspecified atom stereocenters. The molecule has 1 aromatic heterocycles. The van der Waals surface area contributed by atoms with Crippen molar-refractivity contribution in [3.8, 4) is 17.6 Å². The minimum absolute atomic E-state index is 0.265. The number of anilines is 1. The van der Waals surface area contributed by atoms with Crippen LogP contribution in [0.1, 0.15) is 16.7 Å². The fraction of sp³-hybridized carbons (Fsp3) is 0.200. The lowest BCUT2D eigenvalue weighted by molar-refractivity contribution is 0.174. The highest BCUT2D eigenvalue weighted by molar-refractivity contribution is 5.94. The topological polar surface area (TPSA) is 58.4 Å². The van der Waals surface area contributed by atoms with Crippen LogP contribution in [0.3, 0.4) is 0 Å².